The predicted molar refractivity (Wildman–Crippen MR) is 141 cm³/mol. The summed E-state index contributed by atoms with van der Waals surface area (Å²) in [4.78, 5) is 24.7. The molecule has 0 saturated carbocycles. The Morgan fingerprint density at radius 2 is 1.85 bits per heavy atom. The van der Waals surface area contributed by atoms with Gasteiger partial charge in [-0.2, -0.15) is 13.2 Å². The molecule has 208 valence electrons. The van der Waals surface area contributed by atoms with E-state index in [-0.39, 0.29) is 12.6 Å². The Hall–Kier alpha value is -3.15. The molecule has 0 bridgehead atoms. The molecule has 0 spiro atoms. The molecule has 0 radical (unpaired) electrons. The van der Waals surface area contributed by atoms with Crippen LogP contribution in [0.4, 0.5) is 19.0 Å². The Kier molecular flexibility index (Phi) is 8.11. The van der Waals surface area contributed by atoms with Crippen molar-refractivity contribution in [2.75, 3.05) is 38.2 Å². The van der Waals surface area contributed by atoms with Crippen LogP contribution in [0.2, 0.25) is 5.02 Å². The maximum Gasteiger partial charge on any atom is 0.490 e. The van der Waals surface area contributed by atoms with Crippen LogP contribution in [0, 0.1) is 0 Å². The van der Waals surface area contributed by atoms with Crippen LogP contribution in [0.15, 0.2) is 48.8 Å². The lowest BCUT2D eigenvalue weighted by atomic mass is 10.0. The van der Waals surface area contributed by atoms with Gasteiger partial charge in [0.2, 0.25) is 0 Å². The largest absolute Gasteiger partial charge is 0.497 e. The van der Waals surface area contributed by atoms with Crippen molar-refractivity contribution in [3.05, 3.63) is 59.4 Å². The average Bonchev–Trinajstić information content (AvgIpc) is 3.31. The number of carbonyl (C=O) groups excluding carboxylic acids is 1. The van der Waals surface area contributed by atoms with Gasteiger partial charge < -0.3 is 19.7 Å². The molecule has 2 fully saturated rings. The fraction of sp³-hybridized carbons (Fsp3) is 0.444. The number of piperidine rings is 1. The van der Waals surface area contributed by atoms with Crippen molar-refractivity contribution in [3.8, 4) is 5.75 Å². The highest BCUT2D eigenvalue weighted by Crippen LogP contribution is 2.31. The Morgan fingerprint density at radius 1 is 1.10 bits per heavy atom. The zero-order valence-electron chi connectivity index (χ0n) is 21.3. The number of aromatic nitrogens is 2. The van der Waals surface area contributed by atoms with Crippen molar-refractivity contribution in [1.29, 1.82) is 0 Å². The molecule has 5 rings (SSSR count). The normalized spacial score (nSPS) is 20.9. The third kappa shape index (κ3) is 6.54. The van der Waals surface area contributed by atoms with Gasteiger partial charge in [0.15, 0.2) is 0 Å². The number of hydrogen-bond acceptors (Lipinski definition) is 8. The number of fused-ring (bicyclic) bond motifs is 1. The molecule has 1 N–H and O–H groups in total. The Balaban J connectivity index is 1.29. The fourth-order valence-corrected chi connectivity index (χ4v) is 5.37. The summed E-state index contributed by atoms with van der Waals surface area (Å²) in [5.74, 6) is -1.03. The molecule has 39 heavy (non-hydrogen) atoms. The van der Waals surface area contributed by atoms with Crippen LogP contribution in [0.25, 0.3) is 10.9 Å². The van der Waals surface area contributed by atoms with Crippen molar-refractivity contribution in [2.45, 2.75) is 43.8 Å². The molecule has 8 nitrogen and oxygen atoms in total. The van der Waals surface area contributed by atoms with Crippen molar-refractivity contribution >= 4 is 34.3 Å². The van der Waals surface area contributed by atoms with Gasteiger partial charge in [0.25, 0.3) is 0 Å². The second-order valence-corrected chi connectivity index (χ2v) is 10.3. The molecule has 2 saturated heterocycles. The summed E-state index contributed by atoms with van der Waals surface area (Å²) in [6.45, 7) is 2.86. The van der Waals surface area contributed by atoms with Gasteiger partial charge in [0.1, 0.15) is 24.0 Å². The molecule has 2 atom stereocenters. The van der Waals surface area contributed by atoms with Gasteiger partial charge in [-0.15, -0.1) is 0 Å². The van der Waals surface area contributed by atoms with Crippen LogP contribution < -0.4 is 15.0 Å². The van der Waals surface area contributed by atoms with Crippen LogP contribution in [0.5, 0.6) is 5.75 Å². The van der Waals surface area contributed by atoms with Gasteiger partial charge in [0.05, 0.1) is 25.2 Å². The summed E-state index contributed by atoms with van der Waals surface area (Å²) in [6, 6.07) is 12.7. The zero-order chi connectivity index (χ0) is 27.6. The first-order chi connectivity index (χ1) is 18.7. The number of likely N-dealkylation sites (tertiary alicyclic amines) is 1. The van der Waals surface area contributed by atoms with E-state index in [2.05, 4.69) is 20.2 Å². The molecular formula is C27H29ClF3N5O3. The number of nitrogens with zero attached hydrogens (tertiary/aromatic N) is 4. The number of ether oxygens (including phenoxy) is 2. The smallest absolute Gasteiger partial charge is 0.490 e. The first kappa shape index (κ1) is 27.4. The van der Waals surface area contributed by atoms with Crippen LogP contribution in [0.1, 0.15) is 18.4 Å². The fourth-order valence-electron chi connectivity index (χ4n) is 5.24. The lowest BCUT2D eigenvalue weighted by Crippen LogP contribution is -2.51. The highest BCUT2D eigenvalue weighted by atomic mass is 35.5. The standard InChI is InChI=1S/C27H29ClF3N5O3/c1-38-20-6-7-22-21(12-20)25(33-16-32-22)36-14-23(24(15-36)39-26(37)27(29,30)31)34-19-8-10-35(11-9-19)13-17-2-4-18(28)5-3-17/h2-7,12,16,19,23-24,34H,8-11,13-15H2,1H3. The quantitative estimate of drug-likeness (QED) is 0.428. The Bertz CT molecular complexity index is 1300. The number of benzene rings is 2. The first-order valence-electron chi connectivity index (χ1n) is 12.7. The maximum atomic E-state index is 13.1. The molecule has 2 unspecified atom stereocenters. The van der Waals surface area contributed by atoms with Gasteiger partial charge in [0, 0.05) is 29.5 Å². The molecule has 1 aromatic heterocycles. The van der Waals surface area contributed by atoms with E-state index < -0.39 is 24.3 Å². The van der Waals surface area contributed by atoms with Crippen molar-refractivity contribution in [3.63, 3.8) is 0 Å². The molecule has 2 aliphatic rings. The summed E-state index contributed by atoms with van der Waals surface area (Å²) in [6.07, 6.45) is -3.02. The number of alkyl halides is 3. The number of esters is 1. The number of anilines is 1. The van der Waals surface area contributed by atoms with E-state index in [0.717, 1.165) is 32.5 Å². The van der Waals surface area contributed by atoms with Crippen molar-refractivity contribution < 1.29 is 27.4 Å². The third-order valence-corrected chi connectivity index (χ3v) is 7.49. The number of halogens is 4. The minimum atomic E-state index is -5.07. The van der Waals surface area contributed by atoms with E-state index in [1.54, 1.807) is 25.3 Å². The maximum absolute atomic E-state index is 13.1. The molecule has 3 aromatic rings. The van der Waals surface area contributed by atoms with Gasteiger partial charge in [-0.3, -0.25) is 4.90 Å². The lowest BCUT2D eigenvalue weighted by Gasteiger charge is -2.34. The number of carbonyl (C=O) groups is 1. The summed E-state index contributed by atoms with van der Waals surface area (Å²) in [7, 11) is 1.55. The van der Waals surface area contributed by atoms with E-state index in [4.69, 9.17) is 21.1 Å². The van der Waals surface area contributed by atoms with Crippen molar-refractivity contribution in [1.82, 2.24) is 20.2 Å². The summed E-state index contributed by atoms with van der Waals surface area (Å²) >= 11 is 5.98. The minimum absolute atomic E-state index is 0.0677. The average molecular weight is 564 g/mol. The predicted octanol–water partition coefficient (Wildman–Crippen LogP) is 4.21. The summed E-state index contributed by atoms with van der Waals surface area (Å²) in [5.41, 5.74) is 1.85. The molecule has 2 aromatic carbocycles. The SMILES string of the molecule is COc1ccc2ncnc(N3CC(NC4CCN(Cc5ccc(Cl)cc5)CC4)C(OC(=O)C(F)(F)F)C3)c2c1. The van der Waals surface area contributed by atoms with E-state index in [1.165, 1.54) is 11.9 Å². The number of hydrogen-bond donors (Lipinski definition) is 1. The van der Waals surface area contributed by atoms with E-state index >= 15 is 0 Å². The van der Waals surface area contributed by atoms with E-state index in [9.17, 15) is 18.0 Å². The van der Waals surface area contributed by atoms with Crippen LogP contribution in [-0.2, 0) is 16.1 Å². The monoisotopic (exact) mass is 563 g/mol. The molecule has 0 amide bonds. The van der Waals surface area contributed by atoms with Crippen LogP contribution in [0.3, 0.4) is 0 Å². The topological polar surface area (TPSA) is 79.8 Å². The molecule has 0 aliphatic carbocycles. The van der Waals surface area contributed by atoms with Gasteiger partial charge in [-0.25, -0.2) is 14.8 Å². The number of methoxy groups -OCH3 is 1. The van der Waals surface area contributed by atoms with Crippen molar-refractivity contribution in [2.24, 2.45) is 0 Å². The highest BCUT2D eigenvalue weighted by molar-refractivity contribution is 6.30. The zero-order valence-corrected chi connectivity index (χ0v) is 22.1. The Labute approximate surface area is 229 Å². The lowest BCUT2D eigenvalue weighted by molar-refractivity contribution is -0.204. The van der Waals surface area contributed by atoms with Crippen LogP contribution >= 0.6 is 11.6 Å². The second kappa shape index (κ2) is 11.5. The minimum Gasteiger partial charge on any atom is -0.497 e. The highest BCUT2D eigenvalue weighted by Gasteiger charge is 2.46. The molecular weight excluding hydrogens is 535 g/mol. The van der Waals surface area contributed by atoms with Gasteiger partial charge >= 0.3 is 12.1 Å². The molecule has 2 aliphatic heterocycles. The van der Waals surface area contributed by atoms with Gasteiger partial charge in [-0.05, 0) is 61.8 Å². The summed E-state index contributed by atoms with van der Waals surface area (Å²) in [5, 5.41) is 4.89. The first-order valence-corrected chi connectivity index (χ1v) is 13.1. The Morgan fingerprint density at radius 3 is 2.54 bits per heavy atom. The molecule has 12 heteroatoms. The van der Waals surface area contributed by atoms with Gasteiger partial charge in [-0.1, -0.05) is 23.7 Å². The number of rotatable bonds is 7. The van der Waals surface area contributed by atoms with E-state index in [1.807, 2.05) is 29.2 Å². The summed E-state index contributed by atoms with van der Waals surface area (Å²) < 4.78 is 49.6. The van der Waals surface area contributed by atoms with E-state index in [0.29, 0.717) is 34.0 Å². The van der Waals surface area contributed by atoms with Crippen LogP contribution in [-0.4, -0.2) is 78.5 Å². The third-order valence-electron chi connectivity index (χ3n) is 7.23. The second-order valence-electron chi connectivity index (χ2n) is 9.88. The number of nitrogens with one attached hydrogen (secondary N) is 1. The molecule has 3 heterocycles.